The average molecular weight is 422 g/mol. The van der Waals surface area contributed by atoms with Crippen LogP contribution in [0.3, 0.4) is 0 Å². The summed E-state index contributed by atoms with van der Waals surface area (Å²) in [4.78, 5) is 19.9. The number of aromatic carboxylic acids is 1. The maximum atomic E-state index is 12.4. The topological polar surface area (TPSA) is 113 Å². The Kier molecular flexibility index (Phi) is 6.90. The quantitative estimate of drug-likeness (QED) is 0.635. The van der Waals surface area contributed by atoms with E-state index in [-0.39, 0.29) is 11.6 Å². The summed E-state index contributed by atoms with van der Waals surface area (Å²) in [5.41, 5.74) is 2.82. The van der Waals surface area contributed by atoms with Crippen molar-refractivity contribution < 1.29 is 46.3 Å². The number of benzene rings is 1. The van der Waals surface area contributed by atoms with Crippen molar-refractivity contribution in [3.63, 3.8) is 0 Å². The summed E-state index contributed by atoms with van der Waals surface area (Å²) in [7, 11) is 0. The standard InChI is InChI=1S/C15H14F2N2O3.C2HF3O2/c16-14(17)13-6-12(19-22-13)7-18-11-4-8-1-2-9(15(20)21)3-10(8)5-11;3-2(4,5)1(6)7/h1-3,6,11,14,18H,4-5,7H2,(H,20,21);(H,6,7). The van der Waals surface area contributed by atoms with E-state index in [1.54, 1.807) is 12.1 Å². The molecule has 0 fully saturated rings. The van der Waals surface area contributed by atoms with Gasteiger partial charge in [-0.25, -0.2) is 18.4 Å². The predicted molar refractivity (Wildman–Crippen MR) is 86.6 cm³/mol. The number of halogens is 5. The smallest absolute Gasteiger partial charge is 0.478 e. The second kappa shape index (κ2) is 8.99. The summed E-state index contributed by atoms with van der Waals surface area (Å²) in [6, 6.07) is 6.47. The molecular weight excluding hydrogens is 407 g/mol. The molecule has 0 radical (unpaired) electrons. The second-order valence-corrected chi connectivity index (χ2v) is 6.10. The number of aromatic nitrogens is 1. The van der Waals surface area contributed by atoms with Gasteiger partial charge in [0, 0.05) is 18.7 Å². The van der Waals surface area contributed by atoms with E-state index < -0.39 is 30.3 Å². The third-order valence-electron chi connectivity index (χ3n) is 3.99. The summed E-state index contributed by atoms with van der Waals surface area (Å²) < 4.78 is 61.1. The number of nitrogens with zero attached hydrogens (tertiary/aromatic N) is 1. The first kappa shape index (κ1) is 22.3. The van der Waals surface area contributed by atoms with Gasteiger partial charge in [-0.3, -0.25) is 0 Å². The maximum absolute atomic E-state index is 12.4. The van der Waals surface area contributed by atoms with Gasteiger partial charge in [-0.05, 0) is 36.1 Å². The van der Waals surface area contributed by atoms with E-state index in [4.69, 9.17) is 15.0 Å². The van der Waals surface area contributed by atoms with E-state index in [1.165, 1.54) is 6.07 Å². The molecule has 0 saturated heterocycles. The summed E-state index contributed by atoms with van der Waals surface area (Å²) in [5, 5.41) is 22.9. The Morgan fingerprint density at radius 3 is 2.31 bits per heavy atom. The van der Waals surface area contributed by atoms with Crippen LogP contribution in [0.4, 0.5) is 22.0 Å². The van der Waals surface area contributed by atoms with E-state index in [0.29, 0.717) is 18.7 Å². The Hall–Kier alpha value is -3.02. The monoisotopic (exact) mass is 422 g/mol. The summed E-state index contributed by atoms with van der Waals surface area (Å²) in [6.07, 6.45) is -6.27. The normalized spacial score (nSPS) is 15.6. The number of fused-ring (bicyclic) bond motifs is 1. The van der Waals surface area contributed by atoms with Crippen molar-refractivity contribution in [3.8, 4) is 0 Å². The summed E-state index contributed by atoms with van der Waals surface area (Å²) in [6.45, 7) is 0.334. The lowest BCUT2D eigenvalue weighted by Gasteiger charge is -2.09. The van der Waals surface area contributed by atoms with Crippen molar-refractivity contribution in [1.82, 2.24) is 10.5 Å². The van der Waals surface area contributed by atoms with Crippen LogP contribution in [0.5, 0.6) is 0 Å². The van der Waals surface area contributed by atoms with Crippen molar-refractivity contribution >= 4 is 11.9 Å². The van der Waals surface area contributed by atoms with E-state index in [0.717, 1.165) is 17.5 Å². The van der Waals surface area contributed by atoms with Crippen LogP contribution in [0, 0.1) is 0 Å². The van der Waals surface area contributed by atoms with Gasteiger partial charge in [-0.2, -0.15) is 13.2 Å². The van der Waals surface area contributed by atoms with Crippen LogP contribution in [-0.2, 0) is 24.2 Å². The van der Waals surface area contributed by atoms with Gasteiger partial charge in [-0.15, -0.1) is 0 Å². The Balaban J connectivity index is 0.000000370. The number of rotatable bonds is 5. The number of hydrogen-bond donors (Lipinski definition) is 3. The first-order chi connectivity index (χ1) is 13.5. The molecule has 0 spiro atoms. The molecule has 1 aromatic carbocycles. The Bertz CT molecular complexity index is 881. The number of hydrogen-bond acceptors (Lipinski definition) is 5. The highest BCUT2D eigenvalue weighted by atomic mass is 19.4. The first-order valence-electron chi connectivity index (χ1n) is 8.09. The third kappa shape index (κ3) is 6.24. The van der Waals surface area contributed by atoms with E-state index in [2.05, 4.69) is 15.0 Å². The summed E-state index contributed by atoms with van der Waals surface area (Å²) in [5.74, 6) is -4.13. The second-order valence-electron chi connectivity index (χ2n) is 6.10. The lowest BCUT2D eigenvalue weighted by atomic mass is 10.1. The van der Waals surface area contributed by atoms with Crippen molar-refractivity contribution in [2.45, 2.75) is 38.0 Å². The molecule has 7 nitrogen and oxygen atoms in total. The molecular formula is C17H15F5N2O5. The molecule has 2 aromatic rings. The highest BCUT2D eigenvalue weighted by molar-refractivity contribution is 5.88. The van der Waals surface area contributed by atoms with Gasteiger partial charge in [0.25, 0.3) is 6.43 Å². The molecule has 1 heterocycles. The largest absolute Gasteiger partial charge is 0.490 e. The Morgan fingerprint density at radius 1 is 1.17 bits per heavy atom. The number of alkyl halides is 5. The number of carboxylic acids is 2. The number of carboxylic acid groups (broad SMARTS) is 2. The molecule has 3 N–H and O–H groups in total. The maximum Gasteiger partial charge on any atom is 0.490 e. The van der Waals surface area contributed by atoms with Crippen LogP contribution >= 0.6 is 0 Å². The van der Waals surface area contributed by atoms with Gasteiger partial charge in [-0.1, -0.05) is 11.2 Å². The van der Waals surface area contributed by atoms with Crippen LogP contribution in [0.25, 0.3) is 0 Å². The fraction of sp³-hybridized carbons (Fsp3) is 0.353. The minimum absolute atomic E-state index is 0.130. The van der Waals surface area contributed by atoms with Crippen molar-refractivity contribution in [3.05, 3.63) is 52.4 Å². The fourth-order valence-electron chi connectivity index (χ4n) is 2.66. The first-order valence-corrected chi connectivity index (χ1v) is 8.09. The van der Waals surface area contributed by atoms with E-state index in [1.807, 2.05) is 6.07 Å². The van der Waals surface area contributed by atoms with Gasteiger partial charge in [0.1, 0.15) is 0 Å². The molecule has 29 heavy (non-hydrogen) atoms. The Labute approximate surface area is 160 Å². The van der Waals surface area contributed by atoms with Crippen LogP contribution in [0.1, 0.15) is 39.4 Å². The summed E-state index contributed by atoms with van der Waals surface area (Å²) >= 11 is 0. The van der Waals surface area contributed by atoms with Gasteiger partial charge < -0.3 is 20.1 Å². The molecule has 0 amide bonds. The fourth-order valence-corrected chi connectivity index (χ4v) is 2.66. The molecule has 1 aromatic heterocycles. The number of nitrogens with one attached hydrogen (secondary N) is 1. The van der Waals surface area contributed by atoms with Crippen LogP contribution < -0.4 is 5.32 Å². The molecule has 3 rings (SSSR count). The van der Waals surface area contributed by atoms with Gasteiger partial charge >= 0.3 is 18.1 Å². The van der Waals surface area contributed by atoms with Gasteiger partial charge in [0.2, 0.25) is 5.76 Å². The molecule has 1 unspecified atom stereocenters. The molecule has 12 heteroatoms. The van der Waals surface area contributed by atoms with E-state index in [9.17, 15) is 26.7 Å². The average Bonchev–Trinajstić information content (AvgIpc) is 3.25. The zero-order valence-corrected chi connectivity index (χ0v) is 14.5. The zero-order valence-electron chi connectivity index (χ0n) is 14.5. The minimum atomic E-state index is -5.08. The zero-order chi connectivity index (χ0) is 21.8. The van der Waals surface area contributed by atoms with Crippen molar-refractivity contribution in [2.24, 2.45) is 0 Å². The lowest BCUT2D eigenvalue weighted by Crippen LogP contribution is -2.29. The predicted octanol–water partition coefficient (Wildman–Crippen LogP) is 3.20. The van der Waals surface area contributed by atoms with Gasteiger partial charge in [0.05, 0.1) is 11.3 Å². The molecule has 158 valence electrons. The molecule has 0 saturated carbocycles. The van der Waals surface area contributed by atoms with Crippen molar-refractivity contribution in [2.75, 3.05) is 0 Å². The lowest BCUT2D eigenvalue weighted by molar-refractivity contribution is -0.192. The molecule has 0 bridgehead atoms. The molecule has 1 aliphatic carbocycles. The van der Waals surface area contributed by atoms with Crippen LogP contribution in [0.2, 0.25) is 0 Å². The molecule has 1 atom stereocenters. The number of aliphatic carboxylic acids is 1. The molecule has 1 aliphatic rings. The van der Waals surface area contributed by atoms with Gasteiger partial charge in [0.15, 0.2) is 0 Å². The van der Waals surface area contributed by atoms with E-state index >= 15 is 0 Å². The van der Waals surface area contributed by atoms with Crippen molar-refractivity contribution in [1.29, 1.82) is 0 Å². The third-order valence-corrected chi connectivity index (χ3v) is 3.99. The highest BCUT2D eigenvalue weighted by Gasteiger charge is 2.38. The van der Waals surface area contributed by atoms with Crippen LogP contribution in [-0.4, -0.2) is 39.5 Å². The Morgan fingerprint density at radius 2 is 1.79 bits per heavy atom. The SMILES string of the molecule is O=C(O)C(F)(F)F.O=C(O)c1ccc2c(c1)CC(NCc1cc(C(F)F)on1)C2. The highest BCUT2D eigenvalue weighted by Crippen LogP contribution is 2.24. The van der Waals surface area contributed by atoms with Crippen LogP contribution in [0.15, 0.2) is 28.8 Å². The molecule has 0 aliphatic heterocycles. The number of carbonyl (C=O) groups is 2. The minimum Gasteiger partial charge on any atom is -0.478 e.